The number of benzene rings is 1. The molecular formula is C20H18N6O2. The van der Waals surface area contributed by atoms with E-state index in [1.165, 1.54) is 0 Å². The normalized spacial score (nSPS) is 14.8. The van der Waals surface area contributed by atoms with Crippen LogP contribution in [-0.2, 0) is 0 Å². The van der Waals surface area contributed by atoms with Crippen molar-refractivity contribution in [1.82, 2.24) is 29.7 Å². The molecule has 0 bridgehead atoms. The molecule has 8 heteroatoms. The molecule has 0 aliphatic heterocycles. The first kappa shape index (κ1) is 16.7. The van der Waals surface area contributed by atoms with Crippen molar-refractivity contribution in [1.29, 1.82) is 0 Å². The van der Waals surface area contributed by atoms with E-state index in [0.717, 1.165) is 42.3 Å². The lowest BCUT2D eigenvalue weighted by molar-refractivity contribution is 0.431. The molecule has 4 aromatic rings. The molecule has 28 heavy (non-hydrogen) atoms. The van der Waals surface area contributed by atoms with Gasteiger partial charge in [-0.25, -0.2) is 9.97 Å². The van der Waals surface area contributed by atoms with Crippen LogP contribution in [0.1, 0.15) is 37.4 Å². The van der Waals surface area contributed by atoms with Gasteiger partial charge in [-0.15, -0.1) is 0 Å². The van der Waals surface area contributed by atoms with E-state index in [1.807, 2.05) is 22.8 Å². The Bertz CT molecular complexity index is 1210. The minimum absolute atomic E-state index is 0.00310. The molecule has 1 aromatic carbocycles. The van der Waals surface area contributed by atoms with Crippen LogP contribution in [0.3, 0.4) is 0 Å². The predicted octanol–water partition coefficient (Wildman–Crippen LogP) is 3.33. The van der Waals surface area contributed by atoms with Gasteiger partial charge in [0.05, 0.1) is 17.2 Å². The Morgan fingerprint density at radius 1 is 1.14 bits per heavy atom. The topological polar surface area (TPSA) is 99.6 Å². The van der Waals surface area contributed by atoms with Crippen LogP contribution < -0.4 is 5.56 Å². The first-order valence-electron chi connectivity index (χ1n) is 9.34. The second-order valence-corrected chi connectivity index (χ2v) is 7.03. The molecule has 1 saturated carbocycles. The molecule has 8 nitrogen and oxygen atoms in total. The Balaban J connectivity index is 1.60. The summed E-state index contributed by atoms with van der Waals surface area (Å²) in [7, 11) is 0. The summed E-state index contributed by atoms with van der Waals surface area (Å²) in [4.78, 5) is 29.9. The van der Waals surface area contributed by atoms with Gasteiger partial charge in [-0.2, -0.15) is 4.98 Å². The van der Waals surface area contributed by atoms with E-state index >= 15 is 0 Å². The zero-order chi connectivity index (χ0) is 19.1. The van der Waals surface area contributed by atoms with Crippen molar-refractivity contribution >= 4 is 11.0 Å². The molecule has 1 fully saturated rings. The van der Waals surface area contributed by atoms with Crippen LogP contribution in [0.5, 0.6) is 0 Å². The summed E-state index contributed by atoms with van der Waals surface area (Å²) in [6.45, 7) is 1.76. The van der Waals surface area contributed by atoms with Crippen molar-refractivity contribution in [3.8, 4) is 23.0 Å². The monoisotopic (exact) mass is 374 g/mol. The standard InChI is InChI=1S/C20H18N6O2/c1-12-20(27)26(14-4-2-3-5-14)17-7-6-13(10-15(17)23-12)18-24-19(28-25-18)16-11-21-8-9-22-16/h6-11,14H,2-5H2,1H3. The van der Waals surface area contributed by atoms with Crippen molar-refractivity contribution in [3.63, 3.8) is 0 Å². The molecule has 3 aromatic heterocycles. The number of aryl methyl sites for hydroxylation is 1. The average Bonchev–Trinajstić information content (AvgIpc) is 3.42. The summed E-state index contributed by atoms with van der Waals surface area (Å²) in [6.07, 6.45) is 9.12. The lowest BCUT2D eigenvalue weighted by Gasteiger charge is -2.17. The summed E-state index contributed by atoms with van der Waals surface area (Å²) in [5.41, 5.74) is 3.40. The second kappa shape index (κ2) is 6.63. The van der Waals surface area contributed by atoms with Crippen LogP contribution in [0.25, 0.3) is 34.0 Å². The summed E-state index contributed by atoms with van der Waals surface area (Å²) in [5, 5.41) is 4.06. The molecule has 0 atom stereocenters. The highest BCUT2D eigenvalue weighted by atomic mass is 16.5. The Hall–Kier alpha value is -3.42. The van der Waals surface area contributed by atoms with E-state index in [0.29, 0.717) is 23.1 Å². The predicted molar refractivity (Wildman–Crippen MR) is 103 cm³/mol. The summed E-state index contributed by atoms with van der Waals surface area (Å²) in [6, 6.07) is 5.97. The number of aromatic nitrogens is 6. The molecule has 1 aliphatic carbocycles. The molecule has 0 unspecified atom stereocenters. The van der Waals surface area contributed by atoms with Gasteiger partial charge in [-0.05, 0) is 38.0 Å². The fourth-order valence-electron chi connectivity index (χ4n) is 3.85. The molecule has 140 valence electrons. The number of hydrogen-bond acceptors (Lipinski definition) is 7. The molecular weight excluding hydrogens is 356 g/mol. The zero-order valence-corrected chi connectivity index (χ0v) is 15.4. The molecule has 1 aliphatic rings. The minimum atomic E-state index is -0.00310. The van der Waals surface area contributed by atoms with E-state index < -0.39 is 0 Å². The number of fused-ring (bicyclic) bond motifs is 1. The number of nitrogens with zero attached hydrogens (tertiary/aromatic N) is 6. The lowest BCUT2D eigenvalue weighted by atomic mass is 10.1. The SMILES string of the molecule is Cc1nc2cc(-c3noc(-c4cnccn4)n3)ccc2n(C2CCCC2)c1=O. The van der Waals surface area contributed by atoms with Gasteiger partial charge >= 0.3 is 0 Å². The maximum atomic E-state index is 12.7. The van der Waals surface area contributed by atoms with Crippen molar-refractivity contribution in [3.05, 3.63) is 52.8 Å². The highest BCUT2D eigenvalue weighted by Gasteiger charge is 2.22. The molecule has 0 radical (unpaired) electrons. The maximum absolute atomic E-state index is 12.7. The number of hydrogen-bond donors (Lipinski definition) is 0. The second-order valence-electron chi connectivity index (χ2n) is 7.03. The van der Waals surface area contributed by atoms with Crippen LogP contribution in [0.4, 0.5) is 0 Å². The Kier molecular flexibility index (Phi) is 3.96. The average molecular weight is 374 g/mol. The fraction of sp³-hybridized carbons (Fsp3) is 0.300. The highest BCUT2D eigenvalue weighted by Crippen LogP contribution is 2.31. The molecule has 0 amide bonds. The fourth-order valence-corrected chi connectivity index (χ4v) is 3.85. The Morgan fingerprint density at radius 2 is 2.00 bits per heavy atom. The molecule has 0 N–H and O–H groups in total. The van der Waals surface area contributed by atoms with Crippen molar-refractivity contribution in [2.75, 3.05) is 0 Å². The van der Waals surface area contributed by atoms with E-state index in [-0.39, 0.29) is 11.6 Å². The Labute approximate surface area is 160 Å². The zero-order valence-electron chi connectivity index (χ0n) is 15.4. The van der Waals surface area contributed by atoms with E-state index in [1.54, 1.807) is 25.5 Å². The molecule has 0 saturated heterocycles. The molecule has 5 rings (SSSR count). The van der Waals surface area contributed by atoms with Crippen LogP contribution in [-0.4, -0.2) is 29.7 Å². The van der Waals surface area contributed by atoms with Gasteiger partial charge in [0.15, 0.2) is 0 Å². The molecule has 0 spiro atoms. The van der Waals surface area contributed by atoms with Gasteiger partial charge in [-0.1, -0.05) is 18.0 Å². The van der Waals surface area contributed by atoms with Gasteiger partial charge < -0.3 is 9.09 Å². The quantitative estimate of drug-likeness (QED) is 0.542. The third kappa shape index (κ3) is 2.77. The summed E-state index contributed by atoms with van der Waals surface area (Å²) < 4.78 is 7.24. The Morgan fingerprint density at radius 3 is 2.79 bits per heavy atom. The van der Waals surface area contributed by atoms with Gasteiger partial charge in [-0.3, -0.25) is 9.78 Å². The first-order chi connectivity index (χ1) is 13.7. The third-order valence-corrected chi connectivity index (χ3v) is 5.21. The maximum Gasteiger partial charge on any atom is 0.278 e. The first-order valence-corrected chi connectivity index (χ1v) is 9.34. The smallest absolute Gasteiger partial charge is 0.278 e. The van der Waals surface area contributed by atoms with Crippen LogP contribution in [0.15, 0.2) is 46.1 Å². The lowest BCUT2D eigenvalue weighted by Crippen LogP contribution is -2.26. The summed E-state index contributed by atoms with van der Waals surface area (Å²) in [5.74, 6) is 0.754. The largest absolute Gasteiger partial charge is 0.332 e. The van der Waals surface area contributed by atoms with Crippen molar-refractivity contribution in [2.45, 2.75) is 38.6 Å². The van der Waals surface area contributed by atoms with E-state index in [2.05, 4.69) is 25.1 Å². The van der Waals surface area contributed by atoms with Crippen molar-refractivity contribution < 1.29 is 4.52 Å². The van der Waals surface area contributed by atoms with Crippen LogP contribution >= 0.6 is 0 Å². The molecule has 3 heterocycles. The van der Waals surface area contributed by atoms with E-state index in [4.69, 9.17) is 4.52 Å². The summed E-state index contributed by atoms with van der Waals surface area (Å²) >= 11 is 0. The van der Waals surface area contributed by atoms with Crippen LogP contribution in [0.2, 0.25) is 0 Å². The third-order valence-electron chi connectivity index (χ3n) is 5.21. The minimum Gasteiger partial charge on any atom is -0.332 e. The van der Waals surface area contributed by atoms with Crippen molar-refractivity contribution in [2.24, 2.45) is 0 Å². The number of rotatable bonds is 3. The highest BCUT2D eigenvalue weighted by molar-refractivity contribution is 5.80. The van der Waals surface area contributed by atoms with Gasteiger partial charge in [0.1, 0.15) is 11.4 Å². The van der Waals surface area contributed by atoms with E-state index in [9.17, 15) is 4.79 Å². The van der Waals surface area contributed by atoms with Gasteiger partial charge in [0.25, 0.3) is 11.4 Å². The van der Waals surface area contributed by atoms with Crippen LogP contribution in [0, 0.1) is 6.92 Å². The van der Waals surface area contributed by atoms with Gasteiger partial charge in [0, 0.05) is 24.0 Å². The van der Waals surface area contributed by atoms with Gasteiger partial charge in [0.2, 0.25) is 5.82 Å².